The van der Waals surface area contributed by atoms with E-state index in [1.165, 1.54) is 111 Å². The summed E-state index contributed by atoms with van der Waals surface area (Å²) in [5.74, 6) is 0. The summed E-state index contributed by atoms with van der Waals surface area (Å²) in [6.07, 6.45) is 1.86. The van der Waals surface area contributed by atoms with Gasteiger partial charge in [-0.25, -0.2) is 0 Å². The van der Waals surface area contributed by atoms with E-state index in [1.54, 1.807) is 0 Å². The molecule has 2 heteroatoms. The summed E-state index contributed by atoms with van der Waals surface area (Å²) >= 11 is 0. The first-order chi connectivity index (χ1) is 32.6. The maximum absolute atomic E-state index is 2.55. The van der Waals surface area contributed by atoms with Crippen LogP contribution in [0.1, 0.15) is 74.9 Å². The lowest BCUT2D eigenvalue weighted by Crippen LogP contribution is -2.16. The quantitative estimate of drug-likeness (QED) is 0.126. The third kappa shape index (κ3) is 8.43. The van der Waals surface area contributed by atoms with Gasteiger partial charge in [0.15, 0.2) is 0 Å². The van der Waals surface area contributed by atoms with E-state index in [2.05, 4.69) is 261 Å². The summed E-state index contributed by atoms with van der Waals surface area (Å²) in [6, 6.07) is 68.4. The first-order valence-electron chi connectivity index (χ1n) is 24.4. The topological polar surface area (TPSA) is 6.48 Å². The van der Waals surface area contributed by atoms with Gasteiger partial charge in [0, 0.05) is 33.5 Å². The highest BCUT2D eigenvalue weighted by molar-refractivity contribution is 6.29. The Bertz CT molecular complexity index is 3190. The molecule has 0 bridgehead atoms. The lowest BCUT2D eigenvalue weighted by molar-refractivity contribution is 0.412. The molecule has 10 aromatic rings. The van der Waals surface area contributed by atoms with Crippen molar-refractivity contribution in [2.75, 3.05) is 9.80 Å². The monoisotopic (exact) mass is 885 g/mol. The highest BCUT2D eigenvalue weighted by Gasteiger charge is 2.28. The van der Waals surface area contributed by atoms with E-state index < -0.39 is 0 Å². The number of nitrogens with zero attached hydrogens (tertiary/aromatic N) is 2. The van der Waals surface area contributed by atoms with Gasteiger partial charge in [0.1, 0.15) is 0 Å². The molecule has 0 heterocycles. The van der Waals surface area contributed by atoms with E-state index in [9.17, 15) is 0 Å². The van der Waals surface area contributed by atoms with Crippen molar-refractivity contribution in [1.82, 2.24) is 0 Å². The summed E-state index contributed by atoms with van der Waals surface area (Å²) in [4.78, 5) is 5.10. The van der Waals surface area contributed by atoms with E-state index in [1.807, 2.05) is 0 Å². The normalized spacial score (nSPS) is 12.1. The van der Waals surface area contributed by atoms with E-state index in [0.717, 1.165) is 24.2 Å². The van der Waals surface area contributed by atoms with Crippen LogP contribution in [-0.2, 0) is 12.8 Å². The van der Waals surface area contributed by atoms with E-state index in [0.29, 0.717) is 0 Å². The van der Waals surface area contributed by atoms with Crippen molar-refractivity contribution in [1.29, 1.82) is 0 Å². The van der Waals surface area contributed by atoms with Gasteiger partial charge in [-0.05, 0) is 166 Å². The molecule has 0 aliphatic rings. The fraction of sp³-hybridized carbons (Fsp3) is 0.212. The van der Waals surface area contributed by atoms with Gasteiger partial charge >= 0.3 is 0 Å². The molecule has 10 aromatic carbocycles. The van der Waals surface area contributed by atoms with Crippen molar-refractivity contribution < 1.29 is 0 Å². The van der Waals surface area contributed by atoms with Crippen LogP contribution < -0.4 is 9.80 Å². The molecule has 0 atom stereocenters. The predicted molar refractivity (Wildman–Crippen MR) is 296 cm³/mol. The number of aryl methyl sites for hydroxylation is 2. The molecule has 0 spiro atoms. The first-order valence-corrected chi connectivity index (χ1v) is 24.4. The molecule has 0 aliphatic heterocycles. The van der Waals surface area contributed by atoms with Crippen LogP contribution in [0, 0.1) is 38.5 Å². The van der Waals surface area contributed by atoms with Crippen LogP contribution in [0.5, 0.6) is 0 Å². The fourth-order valence-corrected chi connectivity index (χ4v) is 10.7. The summed E-state index contributed by atoms with van der Waals surface area (Å²) in [6.45, 7) is 23.2. The fourth-order valence-electron chi connectivity index (χ4n) is 10.7. The number of hydrogen-bond acceptors (Lipinski definition) is 2. The first kappa shape index (κ1) is 44.7. The molecule has 0 aromatic heterocycles. The molecular weight excluding hydrogens is 821 g/mol. The Labute approximate surface area is 404 Å². The zero-order valence-corrected chi connectivity index (χ0v) is 41.6. The van der Waals surface area contributed by atoms with Crippen LogP contribution in [0.4, 0.5) is 34.1 Å². The molecule has 0 fully saturated rings. The van der Waals surface area contributed by atoms with Crippen molar-refractivity contribution in [2.24, 2.45) is 10.8 Å². The van der Waals surface area contributed by atoms with Gasteiger partial charge in [0.25, 0.3) is 0 Å². The SMILES string of the molecule is Cc1ccc(N(c2cccc(-c3ccccc3)c2C)c2cc(CC(C)(C)C)c3ccc4c(N(c5ccc(C)cc5)c5cccc(-c6ccccc6)c5C)cc(CC(C)(C)C)c5ccc2c3c54)cc1. The zero-order valence-electron chi connectivity index (χ0n) is 41.6. The summed E-state index contributed by atoms with van der Waals surface area (Å²) < 4.78 is 0. The molecule has 0 saturated carbocycles. The van der Waals surface area contributed by atoms with Gasteiger partial charge in [-0.15, -0.1) is 0 Å². The van der Waals surface area contributed by atoms with Crippen molar-refractivity contribution in [3.05, 3.63) is 215 Å². The van der Waals surface area contributed by atoms with Crippen molar-refractivity contribution in [2.45, 2.75) is 82.1 Å². The summed E-state index contributed by atoms with van der Waals surface area (Å²) in [5.41, 5.74) is 19.8. The summed E-state index contributed by atoms with van der Waals surface area (Å²) in [7, 11) is 0. The highest BCUT2D eigenvalue weighted by Crippen LogP contribution is 2.52. The Morgan fingerprint density at radius 3 is 1.04 bits per heavy atom. The van der Waals surface area contributed by atoms with Crippen LogP contribution in [0.2, 0.25) is 0 Å². The minimum absolute atomic E-state index is 0.0457. The second-order valence-electron chi connectivity index (χ2n) is 21.6. The lowest BCUT2D eigenvalue weighted by Gasteiger charge is -2.33. The molecule has 0 N–H and O–H groups in total. The van der Waals surface area contributed by atoms with Crippen molar-refractivity contribution in [3.8, 4) is 22.3 Å². The summed E-state index contributed by atoms with van der Waals surface area (Å²) in [5, 5.41) is 7.84. The standard InChI is InChI=1S/C66H64N2/c1-43-27-31-51(32-28-43)67(59-25-17-23-53(45(59)3)47-19-13-11-14-20-47)61-39-49(41-65(5,6)7)55-36-38-58-62(40-50(42-66(8,9)10)56-35-37-57(61)63(55)64(56)58)68(52-33-29-44(2)30-34-52)60-26-18-24-54(46(60)4)48-21-15-12-16-22-48/h11-40H,41-42H2,1-10H3. The molecule has 0 aliphatic carbocycles. The van der Waals surface area contributed by atoms with Gasteiger partial charge in [0.2, 0.25) is 0 Å². The lowest BCUT2D eigenvalue weighted by atomic mass is 9.80. The molecule has 0 saturated heterocycles. The Kier molecular flexibility index (Phi) is 11.5. The Hall–Kier alpha value is -7.16. The molecule has 68 heavy (non-hydrogen) atoms. The van der Waals surface area contributed by atoms with Crippen LogP contribution in [0.15, 0.2) is 182 Å². The Balaban J connectivity index is 1.33. The maximum atomic E-state index is 2.55. The number of rotatable bonds is 10. The number of benzene rings is 10. The molecule has 2 nitrogen and oxygen atoms in total. The zero-order chi connectivity index (χ0) is 47.5. The average Bonchev–Trinajstić information content (AvgIpc) is 3.31. The smallest absolute Gasteiger partial charge is 0.0543 e. The second-order valence-corrected chi connectivity index (χ2v) is 21.6. The molecule has 0 unspecified atom stereocenters. The average molecular weight is 885 g/mol. The van der Waals surface area contributed by atoms with Gasteiger partial charge in [-0.1, -0.05) is 186 Å². The van der Waals surface area contributed by atoms with Crippen molar-refractivity contribution in [3.63, 3.8) is 0 Å². The van der Waals surface area contributed by atoms with Crippen LogP contribution in [0.3, 0.4) is 0 Å². The maximum Gasteiger partial charge on any atom is 0.0543 e. The molecule has 338 valence electrons. The molecular formula is C66H64N2. The van der Waals surface area contributed by atoms with E-state index >= 15 is 0 Å². The van der Waals surface area contributed by atoms with Gasteiger partial charge < -0.3 is 9.80 Å². The largest absolute Gasteiger partial charge is 0.310 e. The number of anilines is 6. The van der Waals surface area contributed by atoms with Crippen LogP contribution >= 0.6 is 0 Å². The predicted octanol–water partition coefficient (Wildman–Crippen LogP) is 19.3. The number of hydrogen-bond donors (Lipinski definition) is 0. The molecule has 0 radical (unpaired) electrons. The van der Waals surface area contributed by atoms with Crippen molar-refractivity contribution >= 4 is 66.4 Å². The van der Waals surface area contributed by atoms with E-state index in [4.69, 9.17) is 0 Å². The minimum Gasteiger partial charge on any atom is -0.310 e. The third-order valence-electron chi connectivity index (χ3n) is 13.8. The highest BCUT2D eigenvalue weighted by atomic mass is 15.2. The van der Waals surface area contributed by atoms with Crippen LogP contribution in [0.25, 0.3) is 54.6 Å². The Morgan fingerprint density at radius 1 is 0.338 bits per heavy atom. The Morgan fingerprint density at radius 2 is 0.691 bits per heavy atom. The van der Waals surface area contributed by atoms with E-state index in [-0.39, 0.29) is 10.8 Å². The second kappa shape index (κ2) is 17.5. The minimum atomic E-state index is 0.0457. The molecule has 0 amide bonds. The molecule has 10 rings (SSSR count). The van der Waals surface area contributed by atoms with Gasteiger partial charge in [0.05, 0.1) is 11.4 Å². The third-order valence-corrected chi connectivity index (χ3v) is 13.8. The van der Waals surface area contributed by atoms with Crippen LogP contribution in [-0.4, -0.2) is 0 Å². The van der Waals surface area contributed by atoms with Gasteiger partial charge in [-0.3, -0.25) is 0 Å². The van der Waals surface area contributed by atoms with Gasteiger partial charge in [-0.2, -0.15) is 0 Å².